The van der Waals surface area contributed by atoms with E-state index in [0.29, 0.717) is 0 Å². The van der Waals surface area contributed by atoms with E-state index in [0.717, 1.165) is 0 Å². The lowest BCUT2D eigenvalue weighted by Crippen LogP contribution is -2.19. The van der Waals surface area contributed by atoms with Crippen molar-refractivity contribution >= 4 is 11.6 Å². The summed E-state index contributed by atoms with van der Waals surface area (Å²) in [5, 5.41) is 17.2. The van der Waals surface area contributed by atoms with E-state index in [1.165, 1.54) is 23.7 Å². The summed E-state index contributed by atoms with van der Waals surface area (Å²) in [7, 11) is 0. The molecule has 0 saturated carbocycles. The number of phenolic OH excluding ortho intramolecular Hbond substituents is 1. The molecule has 1 rings (SSSR count). The first kappa shape index (κ1) is 8.35. The second kappa shape index (κ2) is 3.10. The SMILES string of the molecule is Nc1ccc(O)cc1C(=O)NO. The molecule has 5 nitrogen and oxygen atoms in total. The van der Waals surface area contributed by atoms with Crippen molar-refractivity contribution in [1.82, 2.24) is 5.48 Å². The molecule has 0 radical (unpaired) electrons. The van der Waals surface area contributed by atoms with Crippen LogP contribution in [0.5, 0.6) is 5.75 Å². The van der Waals surface area contributed by atoms with Crippen LogP contribution in [0.25, 0.3) is 0 Å². The van der Waals surface area contributed by atoms with Crippen molar-refractivity contribution in [2.24, 2.45) is 0 Å². The third-order valence-corrected chi connectivity index (χ3v) is 1.38. The van der Waals surface area contributed by atoms with Gasteiger partial charge in [0.2, 0.25) is 0 Å². The third-order valence-electron chi connectivity index (χ3n) is 1.38. The van der Waals surface area contributed by atoms with Crippen LogP contribution >= 0.6 is 0 Å². The Morgan fingerprint density at radius 2 is 2.17 bits per heavy atom. The number of phenols is 1. The predicted octanol–water partition coefficient (Wildman–Crippen LogP) is 0.0934. The highest BCUT2D eigenvalue weighted by atomic mass is 16.5. The van der Waals surface area contributed by atoms with Gasteiger partial charge in [0.05, 0.1) is 5.56 Å². The van der Waals surface area contributed by atoms with Crippen molar-refractivity contribution in [2.75, 3.05) is 5.73 Å². The van der Waals surface area contributed by atoms with Crippen LogP contribution < -0.4 is 11.2 Å². The number of hydrogen-bond donors (Lipinski definition) is 4. The van der Waals surface area contributed by atoms with Gasteiger partial charge in [0, 0.05) is 5.69 Å². The first-order valence-corrected chi connectivity index (χ1v) is 3.18. The highest BCUT2D eigenvalue weighted by molar-refractivity contribution is 5.98. The van der Waals surface area contributed by atoms with Crippen LogP contribution in [-0.2, 0) is 0 Å². The van der Waals surface area contributed by atoms with Gasteiger partial charge in [0.15, 0.2) is 0 Å². The van der Waals surface area contributed by atoms with Crippen LogP contribution in [0.4, 0.5) is 5.69 Å². The summed E-state index contributed by atoms with van der Waals surface area (Å²) in [5.74, 6) is -0.828. The Bertz CT molecular complexity index is 312. The van der Waals surface area contributed by atoms with Gasteiger partial charge in [-0.25, -0.2) is 5.48 Å². The minimum absolute atomic E-state index is 0.0394. The number of hydrogen-bond acceptors (Lipinski definition) is 4. The lowest BCUT2D eigenvalue weighted by Gasteiger charge is -2.02. The molecular formula is C7H8N2O3. The topological polar surface area (TPSA) is 95.6 Å². The second-order valence-electron chi connectivity index (χ2n) is 2.21. The molecule has 5 N–H and O–H groups in total. The van der Waals surface area contributed by atoms with E-state index in [4.69, 9.17) is 16.0 Å². The number of carbonyl (C=O) groups excluding carboxylic acids is 1. The summed E-state index contributed by atoms with van der Waals surface area (Å²) in [4.78, 5) is 10.8. The van der Waals surface area contributed by atoms with Crippen LogP contribution in [0.3, 0.4) is 0 Å². The lowest BCUT2D eigenvalue weighted by molar-refractivity contribution is 0.0707. The van der Waals surface area contributed by atoms with Gasteiger partial charge in [-0.3, -0.25) is 10.0 Å². The van der Waals surface area contributed by atoms with Gasteiger partial charge in [0.25, 0.3) is 5.91 Å². The van der Waals surface area contributed by atoms with Gasteiger partial charge in [-0.2, -0.15) is 0 Å². The summed E-state index contributed by atoms with van der Waals surface area (Å²) in [5.41, 5.74) is 7.04. The summed E-state index contributed by atoms with van der Waals surface area (Å²) >= 11 is 0. The first-order chi connectivity index (χ1) is 5.65. The Labute approximate surface area is 68.4 Å². The molecule has 0 bridgehead atoms. The Morgan fingerprint density at radius 3 is 2.75 bits per heavy atom. The maximum absolute atomic E-state index is 10.8. The van der Waals surface area contributed by atoms with Gasteiger partial charge >= 0.3 is 0 Å². The van der Waals surface area contributed by atoms with Gasteiger partial charge in [-0.15, -0.1) is 0 Å². The summed E-state index contributed by atoms with van der Waals surface area (Å²) in [6.45, 7) is 0. The van der Waals surface area contributed by atoms with Gasteiger partial charge in [0.1, 0.15) is 5.75 Å². The molecular weight excluding hydrogens is 160 g/mol. The Kier molecular flexibility index (Phi) is 2.16. The van der Waals surface area contributed by atoms with E-state index in [1.54, 1.807) is 0 Å². The molecule has 0 aromatic heterocycles. The number of nitrogens with one attached hydrogen (secondary N) is 1. The van der Waals surface area contributed by atoms with Crippen molar-refractivity contribution < 1.29 is 15.1 Å². The highest BCUT2D eigenvalue weighted by Gasteiger charge is 2.08. The van der Waals surface area contributed by atoms with E-state index >= 15 is 0 Å². The van der Waals surface area contributed by atoms with E-state index < -0.39 is 5.91 Å². The Balaban J connectivity index is 3.13. The first-order valence-electron chi connectivity index (χ1n) is 3.18. The summed E-state index contributed by atoms with van der Waals surface area (Å²) < 4.78 is 0. The molecule has 0 aliphatic carbocycles. The lowest BCUT2D eigenvalue weighted by atomic mass is 10.1. The molecule has 0 unspecified atom stereocenters. The normalized spacial score (nSPS) is 9.42. The van der Waals surface area contributed by atoms with E-state index in [9.17, 15) is 4.79 Å². The monoisotopic (exact) mass is 168 g/mol. The number of aromatic hydroxyl groups is 1. The van der Waals surface area contributed by atoms with Crippen molar-refractivity contribution in [3.05, 3.63) is 23.8 Å². The smallest absolute Gasteiger partial charge is 0.276 e. The van der Waals surface area contributed by atoms with Crippen molar-refractivity contribution in [1.29, 1.82) is 0 Å². The fourth-order valence-corrected chi connectivity index (χ4v) is 0.801. The maximum Gasteiger partial charge on any atom is 0.276 e. The molecule has 12 heavy (non-hydrogen) atoms. The molecule has 0 fully saturated rings. The molecule has 64 valence electrons. The molecule has 0 aliphatic heterocycles. The molecule has 1 aromatic carbocycles. The molecule has 0 spiro atoms. The fraction of sp³-hybridized carbons (Fsp3) is 0. The quantitative estimate of drug-likeness (QED) is 0.207. The highest BCUT2D eigenvalue weighted by Crippen LogP contribution is 2.17. The van der Waals surface area contributed by atoms with Gasteiger partial charge < -0.3 is 10.8 Å². The average molecular weight is 168 g/mol. The zero-order chi connectivity index (χ0) is 9.14. The Hall–Kier alpha value is -1.75. The van der Waals surface area contributed by atoms with Crippen molar-refractivity contribution in [3.63, 3.8) is 0 Å². The van der Waals surface area contributed by atoms with E-state index in [2.05, 4.69) is 0 Å². The van der Waals surface area contributed by atoms with Crippen LogP contribution in [0.2, 0.25) is 0 Å². The number of nitrogens with two attached hydrogens (primary N) is 1. The number of benzene rings is 1. The standard InChI is InChI=1S/C7H8N2O3/c8-6-2-1-4(10)3-5(6)7(11)9-12/h1-3,10,12H,8H2,(H,9,11). The zero-order valence-electron chi connectivity index (χ0n) is 6.11. The van der Waals surface area contributed by atoms with Crippen molar-refractivity contribution in [3.8, 4) is 5.75 Å². The van der Waals surface area contributed by atoms with E-state index in [1.807, 2.05) is 0 Å². The average Bonchev–Trinajstić information content (AvgIpc) is 2.08. The Morgan fingerprint density at radius 1 is 1.50 bits per heavy atom. The molecule has 0 atom stereocenters. The predicted molar refractivity (Wildman–Crippen MR) is 41.8 cm³/mol. The zero-order valence-corrected chi connectivity index (χ0v) is 6.11. The number of carbonyl (C=O) groups is 1. The number of anilines is 1. The molecule has 0 aliphatic rings. The summed E-state index contributed by atoms with van der Waals surface area (Å²) in [6.07, 6.45) is 0. The largest absolute Gasteiger partial charge is 0.508 e. The maximum atomic E-state index is 10.8. The van der Waals surface area contributed by atoms with Crippen LogP contribution in [0, 0.1) is 0 Å². The summed E-state index contributed by atoms with van der Waals surface area (Å²) in [6, 6.07) is 3.89. The van der Waals surface area contributed by atoms with Crippen LogP contribution in [0.15, 0.2) is 18.2 Å². The minimum atomic E-state index is -0.747. The van der Waals surface area contributed by atoms with Crippen molar-refractivity contribution in [2.45, 2.75) is 0 Å². The van der Waals surface area contributed by atoms with Gasteiger partial charge in [-0.1, -0.05) is 0 Å². The van der Waals surface area contributed by atoms with Gasteiger partial charge in [-0.05, 0) is 18.2 Å². The third kappa shape index (κ3) is 1.46. The van der Waals surface area contributed by atoms with E-state index in [-0.39, 0.29) is 17.0 Å². The van der Waals surface area contributed by atoms with Crippen LogP contribution in [-0.4, -0.2) is 16.2 Å². The molecule has 5 heteroatoms. The number of rotatable bonds is 1. The number of hydroxylamine groups is 1. The second-order valence-corrected chi connectivity index (χ2v) is 2.21. The fourth-order valence-electron chi connectivity index (χ4n) is 0.801. The molecule has 0 saturated heterocycles. The molecule has 1 aromatic rings. The molecule has 1 amide bonds. The number of nitrogen functional groups attached to an aromatic ring is 1. The number of amides is 1. The molecule has 0 heterocycles. The minimum Gasteiger partial charge on any atom is -0.508 e. The van der Waals surface area contributed by atoms with Crippen LogP contribution in [0.1, 0.15) is 10.4 Å².